The summed E-state index contributed by atoms with van der Waals surface area (Å²) in [7, 11) is 0. The normalized spacial score (nSPS) is 11.8. The highest BCUT2D eigenvalue weighted by Gasteiger charge is 2.20. The van der Waals surface area contributed by atoms with Gasteiger partial charge in [0.25, 0.3) is 0 Å². The second-order valence-electron chi connectivity index (χ2n) is 13.1. The molecule has 0 aliphatic heterocycles. The van der Waals surface area contributed by atoms with Gasteiger partial charge in [-0.3, -0.25) is 0 Å². The van der Waals surface area contributed by atoms with Gasteiger partial charge in [0.15, 0.2) is 17.5 Å². The van der Waals surface area contributed by atoms with Gasteiger partial charge in [0.2, 0.25) is 0 Å². The van der Waals surface area contributed by atoms with Gasteiger partial charge >= 0.3 is 0 Å². The number of benzene rings is 8. The summed E-state index contributed by atoms with van der Waals surface area (Å²) in [4.78, 5) is 15.7. The van der Waals surface area contributed by atoms with Crippen molar-refractivity contribution >= 4 is 75.0 Å². The molecule has 0 aliphatic rings. The van der Waals surface area contributed by atoms with Crippen molar-refractivity contribution in [3.63, 3.8) is 0 Å². The molecule has 0 saturated carbocycles. The van der Waals surface area contributed by atoms with Crippen LogP contribution in [0.3, 0.4) is 0 Å². The lowest BCUT2D eigenvalue weighted by molar-refractivity contribution is 0.669. The second kappa shape index (κ2) is 11.4. The first-order chi connectivity index (χ1) is 25.8. The highest BCUT2D eigenvalue weighted by atomic mass is 32.1. The number of nitrogens with zero attached hydrogens (tertiary/aromatic N) is 3. The second-order valence-corrected chi connectivity index (χ2v) is 14.2. The predicted octanol–water partition coefficient (Wildman–Crippen LogP) is 13.1. The molecule has 11 rings (SSSR count). The predicted molar refractivity (Wildman–Crippen MR) is 217 cm³/mol. The van der Waals surface area contributed by atoms with Crippen LogP contribution >= 0.6 is 11.3 Å². The number of hydrogen-bond acceptors (Lipinski definition) is 5. The summed E-state index contributed by atoms with van der Waals surface area (Å²) >= 11 is 1.84. The van der Waals surface area contributed by atoms with Crippen LogP contribution in [0.15, 0.2) is 168 Å². The quantitative estimate of drug-likeness (QED) is 0.174. The SMILES string of the molecule is c1cc(-c2nc(-c3cccc4c3oc3ccccc34)nc(-c3cccc4ccc5ccccc5c34)n2)cc(-c2cccc3c2sc2ccccc23)c1. The van der Waals surface area contributed by atoms with E-state index in [-0.39, 0.29) is 0 Å². The zero-order valence-electron chi connectivity index (χ0n) is 27.7. The Kier molecular flexibility index (Phi) is 6.39. The standard InChI is InChI=1S/C47H27N3OS/c1-2-15-32-28(11-1)25-26-29-12-8-21-38(42(29)32)46-48-45(49-47(50-46)39-22-10-19-36-34-16-3-5-23-40(34)51-43(36)39)31-14-7-13-30(27-31)33-18-9-20-37-35-17-4-6-24-41(35)52-44(33)37/h1-27H. The van der Waals surface area contributed by atoms with Gasteiger partial charge in [-0.05, 0) is 51.6 Å². The maximum atomic E-state index is 6.50. The Bertz CT molecular complexity index is 3210. The van der Waals surface area contributed by atoms with Gasteiger partial charge in [0.05, 0.1) is 5.56 Å². The molecule has 0 spiro atoms. The van der Waals surface area contributed by atoms with Crippen LogP contribution in [0.1, 0.15) is 0 Å². The zero-order chi connectivity index (χ0) is 34.2. The van der Waals surface area contributed by atoms with Crippen molar-refractivity contribution in [1.82, 2.24) is 15.0 Å². The zero-order valence-corrected chi connectivity index (χ0v) is 28.6. The third kappa shape index (κ3) is 4.50. The lowest BCUT2D eigenvalue weighted by Crippen LogP contribution is -2.01. The summed E-state index contributed by atoms with van der Waals surface area (Å²) in [5.74, 6) is 1.79. The van der Waals surface area contributed by atoms with Crippen LogP contribution in [0, 0.1) is 0 Å². The molecule has 0 fully saturated rings. The number of aromatic nitrogens is 3. The molecule has 0 atom stereocenters. The first-order valence-corrected chi connectivity index (χ1v) is 18.2. The van der Waals surface area contributed by atoms with Crippen LogP contribution in [-0.4, -0.2) is 15.0 Å². The molecule has 11 aromatic rings. The minimum Gasteiger partial charge on any atom is -0.455 e. The molecule has 52 heavy (non-hydrogen) atoms. The summed E-state index contributed by atoms with van der Waals surface area (Å²) in [6.45, 7) is 0. The van der Waals surface area contributed by atoms with Gasteiger partial charge in [-0.1, -0.05) is 140 Å². The average molecular weight is 682 g/mol. The van der Waals surface area contributed by atoms with Gasteiger partial charge in [0.1, 0.15) is 11.2 Å². The lowest BCUT2D eigenvalue weighted by atomic mass is 9.97. The Morgan fingerprint density at radius 2 is 1.02 bits per heavy atom. The molecular formula is C47H27N3OS. The smallest absolute Gasteiger partial charge is 0.167 e. The van der Waals surface area contributed by atoms with Crippen molar-refractivity contribution in [2.24, 2.45) is 0 Å². The summed E-state index contributed by atoms with van der Waals surface area (Å²) in [6, 6.07) is 57.4. The average Bonchev–Trinajstić information content (AvgIpc) is 3.79. The van der Waals surface area contributed by atoms with E-state index in [9.17, 15) is 0 Å². The lowest BCUT2D eigenvalue weighted by Gasteiger charge is -2.13. The van der Waals surface area contributed by atoms with Crippen LogP contribution in [0.25, 0.3) is 109 Å². The molecule has 0 amide bonds. The molecule has 4 nitrogen and oxygen atoms in total. The third-order valence-corrected chi connectivity index (χ3v) is 11.3. The molecule has 0 bridgehead atoms. The number of fused-ring (bicyclic) bond motifs is 9. The molecule has 8 aromatic carbocycles. The Labute approximate surface area is 302 Å². The molecule has 3 heterocycles. The van der Waals surface area contributed by atoms with Crippen molar-refractivity contribution in [2.45, 2.75) is 0 Å². The fourth-order valence-electron chi connectivity index (χ4n) is 7.72. The van der Waals surface area contributed by atoms with Crippen LogP contribution in [0.2, 0.25) is 0 Å². The van der Waals surface area contributed by atoms with E-state index in [1.165, 1.54) is 31.1 Å². The summed E-state index contributed by atoms with van der Waals surface area (Å²) in [5.41, 5.74) is 6.62. The van der Waals surface area contributed by atoms with E-state index in [4.69, 9.17) is 19.4 Å². The van der Waals surface area contributed by atoms with Gasteiger partial charge in [-0.15, -0.1) is 11.3 Å². The molecule has 5 heteroatoms. The number of rotatable bonds is 4. The summed E-state index contributed by atoms with van der Waals surface area (Å²) in [6.07, 6.45) is 0. The molecule has 0 saturated heterocycles. The van der Waals surface area contributed by atoms with E-state index in [0.717, 1.165) is 60.4 Å². The minimum absolute atomic E-state index is 0.568. The Morgan fingerprint density at radius 3 is 1.94 bits per heavy atom. The first kappa shape index (κ1) is 29.1. The Hall–Kier alpha value is -6.69. The summed E-state index contributed by atoms with van der Waals surface area (Å²) < 4.78 is 9.06. The molecule has 0 N–H and O–H groups in total. The van der Waals surface area contributed by atoms with E-state index in [0.29, 0.717) is 17.5 Å². The highest BCUT2D eigenvalue weighted by molar-refractivity contribution is 7.26. The molecule has 0 aliphatic carbocycles. The van der Waals surface area contributed by atoms with Crippen LogP contribution in [0.4, 0.5) is 0 Å². The first-order valence-electron chi connectivity index (χ1n) is 17.4. The van der Waals surface area contributed by atoms with Gasteiger partial charge in [0, 0.05) is 47.5 Å². The largest absolute Gasteiger partial charge is 0.455 e. The van der Waals surface area contributed by atoms with E-state index >= 15 is 0 Å². The van der Waals surface area contributed by atoms with Crippen molar-refractivity contribution in [1.29, 1.82) is 0 Å². The van der Waals surface area contributed by atoms with Gasteiger partial charge < -0.3 is 4.42 Å². The molecule has 0 unspecified atom stereocenters. The topological polar surface area (TPSA) is 51.8 Å². The number of furan rings is 1. The fourth-order valence-corrected chi connectivity index (χ4v) is 8.95. The van der Waals surface area contributed by atoms with Crippen molar-refractivity contribution in [3.05, 3.63) is 164 Å². The van der Waals surface area contributed by atoms with E-state index in [1.807, 2.05) is 35.6 Å². The van der Waals surface area contributed by atoms with Gasteiger partial charge in [-0.2, -0.15) is 0 Å². The maximum absolute atomic E-state index is 6.50. The summed E-state index contributed by atoms with van der Waals surface area (Å²) in [5, 5.41) is 9.26. The number of hydrogen-bond donors (Lipinski definition) is 0. The fraction of sp³-hybridized carbons (Fsp3) is 0. The Balaban J connectivity index is 1.17. The van der Waals surface area contributed by atoms with Crippen LogP contribution in [0.5, 0.6) is 0 Å². The van der Waals surface area contributed by atoms with E-state index in [1.54, 1.807) is 0 Å². The monoisotopic (exact) mass is 681 g/mol. The molecular weight excluding hydrogens is 655 g/mol. The number of para-hydroxylation sites is 2. The van der Waals surface area contributed by atoms with Crippen molar-refractivity contribution in [3.8, 4) is 45.3 Å². The maximum Gasteiger partial charge on any atom is 0.167 e. The minimum atomic E-state index is 0.568. The van der Waals surface area contributed by atoms with E-state index < -0.39 is 0 Å². The molecule has 242 valence electrons. The molecule has 3 aromatic heterocycles. The van der Waals surface area contributed by atoms with Crippen molar-refractivity contribution in [2.75, 3.05) is 0 Å². The third-order valence-electron chi connectivity index (χ3n) is 10.1. The molecule has 0 radical (unpaired) electrons. The highest BCUT2D eigenvalue weighted by Crippen LogP contribution is 2.41. The van der Waals surface area contributed by atoms with Crippen LogP contribution in [-0.2, 0) is 0 Å². The van der Waals surface area contributed by atoms with Crippen LogP contribution < -0.4 is 0 Å². The van der Waals surface area contributed by atoms with Gasteiger partial charge in [-0.25, -0.2) is 15.0 Å². The number of thiophene rings is 1. The Morgan fingerprint density at radius 1 is 0.404 bits per heavy atom. The van der Waals surface area contributed by atoms with E-state index in [2.05, 4.69) is 140 Å². The van der Waals surface area contributed by atoms with Crippen molar-refractivity contribution < 1.29 is 4.42 Å².